The lowest BCUT2D eigenvalue weighted by Crippen LogP contribution is -2.62. The molecule has 5 rings (SSSR count). The van der Waals surface area contributed by atoms with Gasteiger partial charge >= 0.3 is 5.97 Å². The molecule has 0 aliphatic carbocycles. The van der Waals surface area contributed by atoms with E-state index in [1.807, 2.05) is 36.5 Å². The number of aliphatic imine (C=N–C) groups is 1. The smallest absolute Gasteiger partial charge is 0.303 e. The quantitative estimate of drug-likeness (QED) is 0.375. The maximum Gasteiger partial charge on any atom is 0.303 e. The topological polar surface area (TPSA) is 91.2 Å². The molecule has 0 fully saturated rings. The van der Waals surface area contributed by atoms with Crippen molar-refractivity contribution in [1.29, 1.82) is 0 Å². The van der Waals surface area contributed by atoms with Gasteiger partial charge in [0, 0.05) is 37.0 Å². The van der Waals surface area contributed by atoms with Crippen molar-refractivity contribution in [1.82, 2.24) is 5.32 Å². The zero-order valence-electron chi connectivity index (χ0n) is 21.4. The zero-order valence-corrected chi connectivity index (χ0v) is 21.4. The molecule has 2 aliphatic rings. The highest BCUT2D eigenvalue weighted by atomic mass is 16.5. The van der Waals surface area contributed by atoms with Crippen molar-refractivity contribution in [2.45, 2.75) is 57.1 Å². The monoisotopic (exact) mass is 499 g/mol. The fraction of sp³-hybridized carbons (Fsp3) is 0.367. The van der Waals surface area contributed by atoms with Crippen molar-refractivity contribution in [3.8, 4) is 5.75 Å². The number of hydrogen-bond donors (Lipinski definition) is 2. The first-order valence-electron chi connectivity index (χ1n) is 13.0. The molecule has 0 saturated heterocycles. The van der Waals surface area contributed by atoms with Gasteiger partial charge in [-0.2, -0.15) is 0 Å². The van der Waals surface area contributed by atoms with Crippen LogP contribution in [0.25, 0.3) is 10.8 Å². The number of carbonyl (C=O) groups is 2. The summed E-state index contributed by atoms with van der Waals surface area (Å²) >= 11 is 0. The van der Waals surface area contributed by atoms with E-state index in [9.17, 15) is 9.59 Å². The van der Waals surface area contributed by atoms with E-state index in [1.165, 1.54) is 0 Å². The molecule has 1 spiro atoms. The molecule has 3 aromatic carbocycles. The molecule has 2 aliphatic heterocycles. The van der Waals surface area contributed by atoms with Crippen molar-refractivity contribution < 1.29 is 19.4 Å². The summed E-state index contributed by atoms with van der Waals surface area (Å²) in [6.07, 6.45) is 4.57. The maximum atomic E-state index is 12.7. The third kappa shape index (κ3) is 4.43. The summed E-state index contributed by atoms with van der Waals surface area (Å²) < 4.78 is 6.87. The molecule has 3 aromatic rings. The van der Waals surface area contributed by atoms with Crippen molar-refractivity contribution in [2.75, 3.05) is 18.0 Å². The normalized spacial score (nSPS) is 18.9. The summed E-state index contributed by atoms with van der Waals surface area (Å²) in [5.74, 6) is -0.0799. The first kappa shape index (κ1) is 24.8. The van der Waals surface area contributed by atoms with Crippen molar-refractivity contribution >= 4 is 40.2 Å². The largest absolute Gasteiger partial charge is 0.481 e. The van der Waals surface area contributed by atoms with Gasteiger partial charge in [0.25, 0.3) is 0 Å². The third-order valence-corrected chi connectivity index (χ3v) is 7.61. The number of carboxylic acid groups (broad SMARTS) is 1. The Bertz CT molecular complexity index is 1370. The Kier molecular flexibility index (Phi) is 6.63. The van der Waals surface area contributed by atoms with Crippen LogP contribution in [0.15, 0.2) is 65.7 Å². The van der Waals surface area contributed by atoms with Gasteiger partial charge in [-0.3, -0.25) is 14.6 Å². The maximum absolute atomic E-state index is 12.7. The van der Waals surface area contributed by atoms with Crippen LogP contribution in [-0.2, 0) is 15.0 Å². The van der Waals surface area contributed by atoms with E-state index < -0.39 is 17.1 Å². The van der Waals surface area contributed by atoms with Crippen molar-refractivity contribution in [3.05, 3.63) is 66.2 Å². The number of hydrogen-bond acceptors (Lipinski definition) is 5. The number of nitrogens with zero attached hydrogens (tertiary/aromatic N) is 2. The molecule has 37 heavy (non-hydrogen) atoms. The number of rotatable bonds is 9. The van der Waals surface area contributed by atoms with E-state index in [0.717, 1.165) is 46.3 Å². The van der Waals surface area contributed by atoms with E-state index in [0.29, 0.717) is 25.9 Å². The van der Waals surface area contributed by atoms with Crippen LogP contribution in [0, 0.1) is 0 Å². The van der Waals surface area contributed by atoms with Crippen LogP contribution in [0.2, 0.25) is 0 Å². The number of benzene rings is 3. The van der Waals surface area contributed by atoms with Crippen LogP contribution >= 0.6 is 0 Å². The first-order valence-corrected chi connectivity index (χ1v) is 13.0. The average molecular weight is 500 g/mol. The Morgan fingerprint density at radius 2 is 1.76 bits per heavy atom. The Morgan fingerprint density at radius 1 is 0.973 bits per heavy atom. The van der Waals surface area contributed by atoms with Gasteiger partial charge in [-0.15, -0.1) is 0 Å². The number of carboxylic acids is 1. The second-order valence-corrected chi connectivity index (χ2v) is 10.3. The minimum atomic E-state index is -0.872. The molecule has 1 atom stereocenters. The Labute approximate surface area is 217 Å². The number of unbranched alkanes of at least 4 members (excludes halogenated alkanes) is 2. The van der Waals surface area contributed by atoms with Gasteiger partial charge in [0.05, 0.1) is 11.6 Å². The van der Waals surface area contributed by atoms with Crippen LogP contribution in [0.4, 0.5) is 11.4 Å². The highest BCUT2D eigenvalue weighted by Gasteiger charge is 2.59. The summed E-state index contributed by atoms with van der Waals surface area (Å²) in [5, 5.41) is 13.9. The Morgan fingerprint density at radius 3 is 2.59 bits per heavy atom. The van der Waals surface area contributed by atoms with E-state index in [4.69, 9.17) is 14.8 Å². The van der Waals surface area contributed by atoms with E-state index in [2.05, 4.69) is 54.4 Å². The SMILES string of the molecule is CC1(C)c2ccccc2N(CCC(=O)NCCCCCC(=O)O)C12C=Nc1c(ccc3ccccc13)O2. The van der Waals surface area contributed by atoms with Crippen molar-refractivity contribution in [2.24, 2.45) is 4.99 Å². The molecule has 2 heterocycles. The molecule has 192 valence electrons. The molecular formula is C30H33N3O4. The Hall–Kier alpha value is -3.87. The first-order chi connectivity index (χ1) is 17.8. The van der Waals surface area contributed by atoms with E-state index in [1.54, 1.807) is 0 Å². The number of amides is 1. The highest BCUT2D eigenvalue weighted by molar-refractivity contribution is 6.00. The van der Waals surface area contributed by atoms with Gasteiger partial charge in [-0.25, -0.2) is 0 Å². The lowest BCUT2D eigenvalue weighted by molar-refractivity contribution is -0.137. The van der Waals surface area contributed by atoms with Gasteiger partial charge in [0.1, 0.15) is 11.4 Å². The summed E-state index contributed by atoms with van der Waals surface area (Å²) in [5.41, 5.74) is 1.74. The average Bonchev–Trinajstić information content (AvgIpc) is 3.07. The predicted molar refractivity (Wildman–Crippen MR) is 146 cm³/mol. The molecule has 1 unspecified atom stereocenters. The van der Waals surface area contributed by atoms with Crippen LogP contribution in [-0.4, -0.2) is 42.0 Å². The predicted octanol–water partition coefficient (Wildman–Crippen LogP) is 5.58. The molecule has 1 amide bonds. The van der Waals surface area contributed by atoms with Gasteiger partial charge < -0.3 is 20.1 Å². The van der Waals surface area contributed by atoms with Crippen LogP contribution < -0.4 is 15.0 Å². The van der Waals surface area contributed by atoms with Gasteiger partial charge in [-0.1, -0.05) is 55.0 Å². The lowest BCUT2D eigenvalue weighted by atomic mass is 9.77. The number of anilines is 1. The van der Waals surface area contributed by atoms with Gasteiger partial charge in [0.2, 0.25) is 11.6 Å². The number of aliphatic carboxylic acids is 1. The number of carbonyl (C=O) groups excluding carboxylic acids is 1. The third-order valence-electron chi connectivity index (χ3n) is 7.61. The fourth-order valence-electron chi connectivity index (χ4n) is 5.55. The molecule has 0 bridgehead atoms. The molecule has 7 heteroatoms. The highest BCUT2D eigenvalue weighted by Crippen LogP contribution is 2.54. The summed E-state index contributed by atoms with van der Waals surface area (Å²) in [6, 6.07) is 20.5. The van der Waals surface area contributed by atoms with E-state index >= 15 is 0 Å². The standard InChI is InChI=1S/C30H33N3O4/c1-29(2)23-12-7-8-13-24(23)33(19-17-26(34)31-18-9-3-4-14-27(35)36)30(29)20-32-28-22-11-6-5-10-21(22)15-16-25(28)37-30/h5-8,10-13,15-16,20H,3-4,9,14,17-19H2,1-2H3,(H,31,34)(H,35,36). The number of ether oxygens (including phenoxy) is 1. The summed E-state index contributed by atoms with van der Waals surface area (Å²) in [4.78, 5) is 30.5. The molecule has 0 saturated carbocycles. The molecule has 7 nitrogen and oxygen atoms in total. The second kappa shape index (κ2) is 9.88. The Balaban J connectivity index is 1.36. The minimum absolute atomic E-state index is 0.0327. The number of nitrogens with one attached hydrogen (secondary N) is 1. The number of fused-ring (bicyclic) bond motifs is 4. The van der Waals surface area contributed by atoms with Crippen molar-refractivity contribution in [3.63, 3.8) is 0 Å². The van der Waals surface area contributed by atoms with Crippen LogP contribution in [0.1, 0.15) is 51.5 Å². The van der Waals surface area contributed by atoms with Gasteiger partial charge in [-0.05, 0) is 49.8 Å². The molecular weight excluding hydrogens is 466 g/mol. The zero-order chi connectivity index (χ0) is 26.0. The molecule has 0 aromatic heterocycles. The lowest BCUT2D eigenvalue weighted by Gasteiger charge is -2.46. The summed E-state index contributed by atoms with van der Waals surface area (Å²) in [7, 11) is 0. The molecule has 2 N–H and O–H groups in total. The van der Waals surface area contributed by atoms with E-state index in [-0.39, 0.29) is 12.3 Å². The second-order valence-electron chi connectivity index (χ2n) is 10.3. The minimum Gasteiger partial charge on any atom is -0.481 e. The van der Waals surface area contributed by atoms with Gasteiger partial charge in [0.15, 0.2) is 0 Å². The fourth-order valence-corrected chi connectivity index (χ4v) is 5.55. The van der Waals surface area contributed by atoms with Crippen LogP contribution in [0.3, 0.4) is 0 Å². The molecule has 0 radical (unpaired) electrons. The van der Waals surface area contributed by atoms with Crippen LogP contribution in [0.5, 0.6) is 5.75 Å². The summed E-state index contributed by atoms with van der Waals surface area (Å²) in [6.45, 7) is 5.35. The number of para-hydroxylation sites is 1.